The molecule has 1 aromatic rings. The number of para-hydroxylation sites is 1. The molecule has 1 aliphatic rings. The van der Waals surface area contributed by atoms with E-state index in [1.54, 1.807) is 0 Å². The lowest BCUT2D eigenvalue weighted by Gasteiger charge is -2.23. The van der Waals surface area contributed by atoms with Gasteiger partial charge in [0.2, 0.25) is 0 Å². The molecular weight excluding hydrogens is 278 g/mol. The zero-order valence-corrected chi connectivity index (χ0v) is 13.8. The molecule has 1 saturated carbocycles. The lowest BCUT2D eigenvalue weighted by molar-refractivity contribution is -0.124. The fraction of sp³-hybridized carbons (Fsp3) is 0.611. The summed E-state index contributed by atoms with van der Waals surface area (Å²) in [5, 5.41) is 12.1. The number of carbonyl (C=O) groups excluding carboxylic acids is 1. The van der Waals surface area contributed by atoms with E-state index >= 15 is 0 Å². The van der Waals surface area contributed by atoms with Gasteiger partial charge in [-0.25, -0.2) is 0 Å². The lowest BCUT2D eigenvalue weighted by atomic mass is 9.86. The first-order chi connectivity index (χ1) is 10.4. The second kappa shape index (κ2) is 7.14. The summed E-state index contributed by atoms with van der Waals surface area (Å²) in [6, 6.07) is 7.92. The van der Waals surface area contributed by atoms with Crippen LogP contribution in [-0.4, -0.2) is 30.3 Å². The van der Waals surface area contributed by atoms with Gasteiger partial charge in [-0.1, -0.05) is 39.0 Å². The first-order valence-electron chi connectivity index (χ1n) is 8.04. The molecule has 2 N–H and O–H groups in total. The average molecular weight is 305 g/mol. The quantitative estimate of drug-likeness (QED) is 0.814. The molecule has 0 spiro atoms. The van der Waals surface area contributed by atoms with Crippen LogP contribution in [0.1, 0.15) is 45.6 Å². The van der Waals surface area contributed by atoms with Crippen LogP contribution in [0.25, 0.3) is 0 Å². The maximum Gasteiger partial charge on any atom is 0.258 e. The molecule has 1 atom stereocenters. The summed E-state index contributed by atoms with van der Waals surface area (Å²) in [5.41, 5.74) is 1.07. The van der Waals surface area contributed by atoms with E-state index in [0.717, 1.165) is 24.2 Å². The molecule has 2 rings (SSSR count). The average Bonchev–Trinajstić information content (AvgIpc) is 3.28. The Morgan fingerprint density at radius 1 is 1.36 bits per heavy atom. The first kappa shape index (κ1) is 16.8. The third-order valence-corrected chi connectivity index (χ3v) is 4.03. The molecule has 22 heavy (non-hydrogen) atoms. The summed E-state index contributed by atoms with van der Waals surface area (Å²) in [4.78, 5) is 12.1. The van der Waals surface area contributed by atoms with Crippen LogP contribution in [0.15, 0.2) is 24.3 Å². The van der Waals surface area contributed by atoms with Gasteiger partial charge < -0.3 is 15.2 Å². The summed E-state index contributed by atoms with van der Waals surface area (Å²) < 4.78 is 5.73. The molecule has 0 aliphatic heterocycles. The Bertz CT molecular complexity index is 503. The minimum Gasteiger partial charge on any atom is -0.483 e. The Hall–Kier alpha value is -1.55. The molecule has 0 radical (unpaired) electrons. The molecule has 1 fully saturated rings. The largest absolute Gasteiger partial charge is 0.483 e. The van der Waals surface area contributed by atoms with E-state index in [0.29, 0.717) is 12.3 Å². The van der Waals surface area contributed by atoms with Crippen molar-refractivity contribution in [2.75, 3.05) is 13.2 Å². The Morgan fingerprint density at radius 2 is 2.05 bits per heavy atom. The van der Waals surface area contributed by atoms with Gasteiger partial charge in [0, 0.05) is 12.6 Å². The number of amides is 1. The topological polar surface area (TPSA) is 58.6 Å². The van der Waals surface area contributed by atoms with E-state index in [2.05, 4.69) is 26.1 Å². The first-order valence-corrected chi connectivity index (χ1v) is 8.04. The van der Waals surface area contributed by atoms with Gasteiger partial charge in [0.15, 0.2) is 6.61 Å². The SMILES string of the molecule is CC(C)(C)c1ccccc1OCC(=O)NC(CCO)C1CC1. The third kappa shape index (κ3) is 4.73. The van der Waals surface area contributed by atoms with Crippen LogP contribution >= 0.6 is 0 Å². The molecule has 1 amide bonds. The standard InChI is InChI=1S/C18H27NO3/c1-18(2,3)14-6-4-5-7-16(14)22-12-17(21)19-15(10-11-20)13-8-9-13/h4-7,13,15,20H,8-12H2,1-3H3,(H,19,21). The number of ether oxygens (including phenoxy) is 1. The Morgan fingerprint density at radius 3 is 2.64 bits per heavy atom. The molecular formula is C18H27NO3. The van der Waals surface area contributed by atoms with Gasteiger partial charge in [-0.3, -0.25) is 4.79 Å². The zero-order chi connectivity index (χ0) is 16.2. The summed E-state index contributed by atoms with van der Waals surface area (Å²) in [6.07, 6.45) is 2.90. The highest BCUT2D eigenvalue weighted by molar-refractivity contribution is 5.78. The van der Waals surface area contributed by atoms with Gasteiger partial charge in [0.25, 0.3) is 5.91 Å². The summed E-state index contributed by atoms with van der Waals surface area (Å²) in [6.45, 7) is 6.50. The molecule has 0 bridgehead atoms. The molecule has 1 aliphatic carbocycles. The molecule has 4 heteroatoms. The maximum absolute atomic E-state index is 12.1. The fourth-order valence-corrected chi connectivity index (χ4v) is 2.67. The highest BCUT2D eigenvalue weighted by Crippen LogP contribution is 2.34. The second-order valence-electron chi connectivity index (χ2n) is 7.06. The predicted octanol–water partition coefficient (Wildman–Crippen LogP) is 2.64. The van der Waals surface area contributed by atoms with Crippen LogP contribution in [0.5, 0.6) is 5.75 Å². The van der Waals surface area contributed by atoms with Crippen LogP contribution in [0.2, 0.25) is 0 Å². The number of rotatable bonds is 7. The number of aliphatic hydroxyl groups is 1. The van der Waals surface area contributed by atoms with Crippen molar-refractivity contribution in [3.8, 4) is 5.75 Å². The van der Waals surface area contributed by atoms with Crippen LogP contribution in [0, 0.1) is 5.92 Å². The molecule has 1 unspecified atom stereocenters. The molecule has 4 nitrogen and oxygen atoms in total. The predicted molar refractivity (Wildman–Crippen MR) is 87.0 cm³/mol. The van der Waals surface area contributed by atoms with Crippen molar-refractivity contribution in [2.24, 2.45) is 5.92 Å². The molecule has 1 aromatic carbocycles. The van der Waals surface area contributed by atoms with Gasteiger partial charge in [0.05, 0.1) is 0 Å². The number of benzene rings is 1. The van der Waals surface area contributed by atoms with Crippen molar-refractivity contribution in [1.82, 2.24) is 5.32 Å². The van der Waals surface area contributed by atoms with E-state index in [4.69, 9.17) is 9.84 Å². The number of hydrogen-bond acceptors (Lipinski definition) is 3. The monoisotopic (exact) mass is 305 g/mol. The minimum absolute atomic E-state index is 0.0156. The lowest BCUT2D eigenvalue weighted by Crippen LogP contribution is -2.40. The van der Waals surface area contributed by atoms with Gasteiger partial charge in [0.1, 0.15) is 5.75 Å². The van der Waals surface area contributed by atoms with Crippen LogP contribution in [0.3, 0.4) is 0 Å². The number of nitrogens with one attached hydrogen (secondary N) is 1. The van der Waals surface area contributed by atoms with Crippen molar-refractivity contribution >= 4 is 5.91 Å². The van der Waals surface area contributed by atoms with E-state index in [-0.39, 0.29) is 30.6 Å². The van der Waals surface area contributed by atoms with Crippen molar-refractivity contribution in [3.63, 3.8) is 0 Å². The smallest absolute Gasteiger partial charge is 0.258 e. The van der Waals surface area contributed by atoms with E-state index in [9.17, 15) is 4.79 Å². The Kier molecular flexibility index (Phi) is 5.46. The highest BCUT2D eigenvalue weighted by atomic mass is 16.5. The highest BCUT2D eigenvalue weighted by Gasteiger charge is 2.31. The fourth-order valence-electron chi connectivity index (χ4n) is 2.67. The molecule has 0 heterocycles. The summed E-state index contributed by atoms with van der Waals surface area (Å²) >= 11 is 0. The number of carbonyl (C=O) groups is 1. The van der Waals surface area contributed by atoms with Gasteiger partial charge in [-0.2, -0.15) is 0 Å². The summed E-state index contributed by atoms with van der Waals surface area (Å²) in [5.74, 6) is 1.17. The van der Waals surface area contributed by atoms with Crippen LogP contribution < -0.4 is 10.1 Å². The zero-order valence-electron chi connectivity index (χ0n) is 13.8. The van der Waals surface area contributed by atoms with Crippen molar-refractivity contribution in [3.05, 3.63) is 29.8 Å². The van der Waals surface area contributed by atoms with Gasteiger partial charge in [-0.15, -0.1) is 0 Å². The van der Waals surface area contributed by atoms with E-state index in [1.807, 2.05) is 24.3 Å². The van der Waals surface area contributed by atoms with Crippen molar-refractivity contribution in [2.45, 2.75) is 51.5 Å². The van der Waals surface area contributed by atoms with E-state index in [1.165, 1.54) is 0 Å². The maximum atomic E-state index is 12.1. The van der Waals surface area contributed by atoms with Crippen molar-refractivity contribution < 1.29 is 14.6 Å². The minimum atomic E-state index is -0.117. The molecule has 0 saturated heterocycles. The Labute approximate surface area is 132 Å². The summed E-state index contributed by atoms with van der Waals surface area (Å²) in [7, 11) is 0. The van der Waals surface area contributed by atoms with E-state index < -0.39 is 0 Å². The third-order valence-electron chi connectivity index (χ3n) is 4.03. The van der Waals surface area contributed by atoms with Crippen LogP contribution in [0.4, 0.5) is 0 Å². The van der Waals surface area contributed by atoms with Crippen molar-refractivity contribution in [1.29, 1.82) is 0 Å². The number of aliphatic hydroxyl groups excluding tert-OH is 1. The molecule has 122 valence electrons. The van der Waals surface area contributed by atoms with Gasteiger partial charge in [-0.05, 0) is 42.2 Å². The van der Waals surface area contributed by atoms with Crippen LogP contribution in [-0.2, 0) is 10.2 Å². The second-order valence-corrected chi connectivity index (χ2v) is 7.06. The Balaban J connectivity index is 1.91. The normalized spacial score (nSPS) is 16.2. The molecule has 0 aromatic heterocycles. The van der Waals surface area contributed by atoms with Gasteiger partial charge >= 0.3 is 0 Å². The number of hydrogen-bond donors (Lipinski definition) is 2.